The van der Waals surface area contributed by atoms with E-state index in [1.165, 1.54) is 6.07 Å². The van der Waals surface area contributed by atoms with E-state index >= 15 is 0 Å². The van der Waals surface area contributed by atoms with Crippen LogP contribution in [0, 0.1) is 17.2 Å². The van der Waals surface area contributed by atoms with Gasteiger partial charge in [-0.25, -0.2) is 4.39 Å². The van der Waals surface area contributed by atoms with E-state index in [1.54, 1.807) is 31.4 Å². The lowest BCUT2D eigenvalue weighted by molar-refractivity contribution is -0.121. The molecule has 1 aliphatic heterocycles. The highest BCUT2D eigenvalue weighted by Crippen LogP contribution is 2.44. The van der Waals surface area contributed by atoms with Crippen molar-refractivity contribution in [3.8, 4) is 11.5 Å². The fourth-order valence-corrected chi connectivity index (χ4v) is 5.79. The van der Waals surface area contributed by atoms with Crippen molar-refractivity contribution in [3.05, 3.63) is 58.4 Å². The van der Waals surface area contributed by atoms with E-state index in [4.69, 9.17) is 21.1 Å². The minimum absolute atomic E-state index is 0.0311. The summed E-state index contributed by atoms with van der Waals surface area (Å²) in [7, 11) is 1.57. The van der Waals surface area contributed by atoms with E-state index in [0.717, 1.165) is 50.5 Å². The number of methoxy groups -OCH3 is 1. The number of nitrogens with zero attached hydrogens (tertiary/aromatic N) is 1. The summed E-state index contributed by atoms with van der Waals surface area (Å²) in [6.45, 7) is 1.89. The molecule has 2 amide bonds. The molecule has 8 heteroatoms. The fourth-order valence-electron chi connectivity index (χ4n) is 5.63. The predicted molar refractivity (Wildman–Crippen MR) is 140 cm³/mol. The molecule has 0 unspecified atom stereocenters. The molecule has 1 N–H and O–H groups in total. The quantitative estimate of drug-likeness (QED) is 0.497. The van der Waals surface area contributed by atoms with E-state index < -0.39 is 5.82 Å². The van der Waals surface area contributed by atoms with Crippen LogP contribution in [0.25, 0.3) is 0 Å². The van der Waals surface area contributed by atoms with Crippen LogP contribution in [0.3, 0.4) is 0 Å². The lowest BCUT2D eigenvalue weighted by Gasteiger charge is -2.37. The average molecular weight is 529 g/mol. The van der Waals surface area contributed by atoms with Crippen molar-refractivity contribution in [1.29, 1.82) is 0 Å². The first-order valence-corrected chi connectivity index (χ1v) is 13.6. The van der Waals surface area contributed by atoms with Crippen molar-refractivity contribution in [2.45, 2.75) is 57.4 Å². The second-order valence-electron chi connectivity index (χ2n) is 10.9. The maximum atomic E-state index is 14.5. The molecule has 0 atom stereocenters. The highest BCUT2D eigenvalue weighted by molar-refractivity contribution is 6.30. The molecule has 0 radical (unpaired) electrons. The molecule has 5 rings (SSSR count). The Morgan fingerprint density at radius 2 is 1.86 bits per heavy atom. The number of likely N-dealkylation sites (tertiary alicyclic amines) is 1. The number of hydrogen-bond acceptors (Lipinski definition) is 4. The first-order chi connectivity index (χ1) is 17.8. The third kappa shape index (κ3) is 6.20. The van der Waals surface area contributed by atoms with E-state index in [1.807, 2.05) is 11.0 Å². The molecule has 1 saturated heterocycles. The molecule has 6 nitrogen and oxygen atoms in total. The Morgan fingerprint density at radius 3 is 2.57 bits per heavy atom. The van der Waals surface area contributed by atoms with Crippen molar-refractivity contribution in [2.24, 2.45) is 11.3 Å². The lowest BCUT2D eigenvalue weighted by atomic mass is 9.72. The van der Waals surface area contributed by atoms with Crippen LogP contribution in [0.4, 0.5) is 4.39 Å². The van der Waals surface area contributed by atoms with E-state index in [0.29, 0.717) is 41.9 Å². The minimum Gasteiger partial charge on any atom is -0.496 e. The molecule has 3 aliphatic rings. The van der Waals surface area contributed by atoms with Gasteiger partial charge in [0.25, 0.3) is 5.91 Å². The van der Waals surface area contributed by atoms with Gasteiger partial charge in [-0.1, -0.05) is 17.7 Å². The van der Waals surface area contributed by atoms with Gasteiger partial charge >= 0.3 is 0 Å². The summed E-state index contributed by atoms with van der Waals surface area (Å²) >= 11 is 6.02. The number of carbonyl (C=O) groups is 2. The summed E-state index contributed by atoms with van der Waals surface area (Å²) < 4.78 is 25.4. The van der Waals surface area contributed by atoms with Crippen LogP contribution in [0.1, 0.15) is 60.9 Å². The summed E-state index contributed by atoms with van der Waals surface area (Å²) in [4.78, 5) is 27.6. The van der Waals surface area contributed by atoms with Crippen LogP contribution >= 0.6 is 11.6 Å². The van der Waals surface area contributed by atoms with Crippen molar-refractivity contribution < 1.29 is 23.5 Å². The maximum absolute atomic E-state index is 14.5. The summed E-state index contributed by atoms with van der Waals surface area (Å²) in [5, 5.41) is 3.74. The highest BCUT2D eigenvalue weighted by atomic mass is 35.5. The van der Waals surface area contributed by atoms with Crippen LogP contribution in [0.5, 0.6) is 11.5 Å². The molecule has 2 aromatic rings. The smallest absolute Gasteiger partial charge is 0.253 e. The molecule has 1 spiro atoms. The zero-order valence-corrected chi connectivity index (χ0v) is 22.0. The molecule has 3 fully saturated rings. The van der Waals surface area contributed by atoms with Gasteiger partial charge in [0.05, 0.1) is 20.1 Å². The number of nitrogens with one attached hydrogen (secondary N) is 1. The van der Waals surface area contributed by atoms with Gasteiger partial charge in [0.15, 0.2) is 11.6 Å². The number of carbonyl (C=O) groups excluding carboxylic acids is 2. The van der Waals surface area contributed by atoms with Gasteiger partial charge in [-0.05, 0) is 86.6 Å². The first-order valence-electron chi connectivity index (χ1n) is 13.2. The maximum Gasteiger partial charge on any atom is 0.253 e. The van der Waals surface area contributed by atoms with Gasteiger partial charge < -0.3 is 19.7 Å². The number of ether oxygens (including phenoxy) is 2. The van der Waals surface area contributed by atoms with Gasteiger partial charge in [0, 0.05) is 35.3 Å². The molecular weight excluding hydrogens is 495 g/mol. The van der Waals surface area contributed by atoms with E-state index in [-0.39, 0.29) is 35.4 Å². The number of amides is 2. The van der Waals surface area contributed by atoms with Crippen molar-refractivity contribution in [1.82, 2.24) is 10.2 Å². The first kappa shape index (κ1) is 25.8. The molecule has 2 aliphatic carbocycles. The van der Waals surface area contributed by atoms with Crippen LogP contribution in [0.15, 0.2) is 36.4 Å². The molecule has 2 aromatic carbocycles. The third-order valence-corrected chi connectivity index (χ3v) is 8.32. The fraction of sp³-hybridized carbons (Fsp3) is 0.517. The van der Waals surface area contributed by atoms with Crippen molar-refractivity contribution >= 4 is 23.4 Å². The standard InChI is InChI=1S/C29H34ClFN2O4/c1-36-26-16-22(30)6-4-20(26)15-27(34)32-23-8-10-29(11-9-23)12-13-33(18-29)28(35)21-5-7-25(24(31)14-21)37-17-19-2-3-19/h4-7,14,16,19,23H,2-3,8-13,15,17-18H2,1H3,(H,32,34). The molecule has 1 heterocycles. The van der Waals surface area contributed by atoms with Crippen molar-refractivity contribution in [2.75, 3.05) is 26.8 Å². The second-order valence-corrected chi connectivity index (χ2v) is 11.3. The topological polar surface area (TPSA) is 67.9 Å². The summed E-state index contributed by atoms with van der Waals surface area (Å²) in [6.07, 6.45) is 7.13. The Hall–Kier alpha value is -2.80. The van der Waals surface area contributed by atoms with Gasteiger partial charge in [-0.3, -0.25) is 9.59 Å². The molecule has 198 valence electrons. The van der Waals surface area contributed by atoms with Crippen LogP contribution in [-0.4, -0.2) is 49.6 Å². The molecular formula is C29H34ClFN2O4. The normalized spacial score (nSPS) is 23.2. The highest BCUT2D eigenvalue weighted by Gasteiger charge is 2.42. The van der Waals surface area contributed by atoms with Crippen LogP contribution in [-0.2, 0) is 11.2 Å². The van der Waals surface area contributed by atoms with Gasteiger partial charge in [0.2, 0.25) is 5.91 Å². The third-order valence-electron chi connectivity index (χ3n) is 8.09. The minimum atomic E-state index is -0.479. The molecule has 37 heavy (non-hydrogen) atoms. The Bertz CT molecular complexity index is 1160. The Balaban J connectivity index is 1.11. The van der Waals surface area contributed by atoms with Gasteiger partial charge in [0.1, 0.15) is 5.75 Å². The zero-order chi connectivity index (χ0) is 26.0. The second kappa shape index (κ2) is 10.9. The average Bonchev–Trinajstić information content (AvgIpc) is 3.64. The zero-order valence-electron chi connectivity index (χ0n) is 21.2. The largest absolute Gasteiger partial charge is 0.496 e. The number of hydrogen-bond donors (Lipinski definition) is 1. The number of rotatable bonds is 8. The van der Waals surface area contributed by atoms with E-state index in [9.17, 15) is 14.0 Å². The Labute approximate surface area is 222 Å². The van der Waals surface area contributed by atoms with Crippen LogP contribution < -0.4 is 14.8 Å². The SMILES string of the molecule is COc1cc(Cl)ccc1CC(=O)NC1CCC2(CC1)CCN(C(=O)c1ccc(OCC3CC3)c(F)c1)C2. The predicted octanol–water partition coefficient (Wildman–Crippen LogP) is 5.41. The van der Waals surface area contributed by atoms with E-state index in [2.05, 4.69) is 5.32 Å². The summed E-state index contributed by atoms with van der Waals surface area (Å²) in [6, 6.07) is 9.96. The summed E-state index contributed by atoms with van der Waals surface area (Å²) in [5.74, 6) is 0.732. The number of halogens is 2. The number of benzene rings is 2. The molecule has 2 saturated carbocycles. The summed E-state index contributed by atoms with van der Waals surface area (Å²) in [5.41, 5.74) is 1.25. The van der Waals surface area contributed by atoms with Gasteiger partial charge in [-0.15, -0.1) is 0 Å². The van der Waals surface area contributed by atoms with Crippen LogP contribution in [0.2, 0.25) is 5.02 Å². The Morgan fingerprint density at radius 1 is 1.08 bits per heavy atom. The molecule has 0 aromatic heterocycles. The Kier molecular flexibility index (Phi) is 7.61. The molecule has 0 bridgehead atoms. The lowest BCUT2D eigenvalue weighted by Crippen LogP contribution is -2.42. The van der Waals surface area contributed by atoms with Gasteiger partial charge in [-0.2, -0.15) is 0 Å². The van der Waals surface area contributed by atoms with Crippen molar-refractivity contribution in [3.63, 3.8) is 0 Å². The monoisotopic (exact) mass is 528 g/mol.